The Bertz CT molecular complexity index is 325. The molecule has 0 saturated heterocycles. The molecular formula is C12H20N2O2. The first kappa shape index (κ1) is 12.8. The molecule has 1 amide bonds. The van der Waals surface area contributed by atoms with E-state index >= 15 is 0 Å². The average Bonchev–Trinajstić information content (AvgIpc) is 2.64. The molecule has 4 heteroatoms. The minimum Gasteiger partial charge on any atom is -0.468 e. The Kier molecular flexibility index (Phi) is 4.12. The third-order valence-electron chi connectivity index (χ3n) is 2.05. The zero-order chi connectivity index (χ0) is 12.2. The molecule has 0 spiro atoms. The summed E-state index contributed by atoms with van der Waals surface area (Å²) in [5, 5.41) is 5.99. The fourth-order valence-corrected chi connectivity index (χ4v) is 1.35. The number of hydrogen-bond acceptors (Lipinski definition) is 3. The summed E-state index contributed by atoms with van der Waals surface area (Å²) in [7, 11) is 0. The predicted octanol–water partition coefficient (Wildman–Crippen LogP) is 1.84. The van der Waals surface area contributed by atoms with Gasteiger partial charge in [0.25, 0.3) is 0 Å². The zero-order valence-corrected chi connectivity index (χ0v) is 10.3. The molecule has 1 aromatic rings. The quantitative estimate of drug-likeness (QED) is 0.820. The first-order chi connectivity index (χ1) is 7.38. The fourth-order valence-electron chi connectivity index (χ4n) is 1.35. The number of hydrogen-bond donors (Lipinski definition) is 2. The Labute approximate surface area is 96.4 Å². The molecule has 0 aliphatic heterocycles. The molecule has 0 aromatic carbocycles. The number of carbonyl (C=O) groups is 1. The van der Waals surface area contributed by atoms with Gasteiger partial charge in [-0.2, -0.15) is 0 Å². The normalized spacial score (nSPS) is 13.5. The first-order valence-corrected chi connectivity index (χ1v) is 5.46. The van der Waals surface area contributed by atoms with Gasteiger partial charge in [0.15, 0.2) is 0 Å². The van der Waals surface area contributed by atoms with Gasteiger partial charge in [-0.15, -0.1) is 0 Å². The molecule has 0 aliphatic rings. The number of carbonyl (C=O) groups excluding carboxylic acids is 1. The van der Waals surface area contributed by atoms with E-state index in [1.807, 2.05) is 39.8 Å². The summed E-state index contributed by atoms with van der Waals surface area (Å²) in [5.41, 5.74) is -0.188. The van der Waals surface area contributed by atoms with Crippen LogP contribution in [0.5, 0.6) is 0 Å². The molecule has 0 aliphatic carbocycles. The van der Waals surface area contributed by atoms with Crippen molar-refractivity contribution >= 4 is 5.91 Å². The molecule has 90 valence electrons. The minimum absolute atomic E-state index is 0.00842. The van der Waals surface area contributed by atoms with E-state index in [9.17, 15) is 4.79 Å². The molecular weight excluding hydrogens is 204 g/mol. The van der Waals surface area contributed by atoms with E-state index in [0.717, 1.165) is 5.76 Å². The summed E-state index contributed by atoms with van der Waals surface area (Å²) in [5.74, 6) is 0.828. The molecule has 1 aromatic heterocycles. The zero-order valence-electron chi connectivity index (χ0n) is 10.3. The van der Waals surface area contributed by atoms with Crippen LogP contribution in [-0.2, 0) is 4.79 Å². The van der Waals surface area contributed by atoms with Gasteiger partial charge in [-0.1, -0.05) is 0 Å². The van der Waals surface area contributed by atoms with Crippen molar-refractivity contribution in [2.75, 3.05) is 6.54 Å². The lowest BCUT2D eigenvalue weighted by atomic mass is 10.1. The molecule has 0 saturated carbocycles. The maximum Gasteiger partial charge on any atom is 0.234 e. The van der Waals surface area contributed by atoms with Crippen LogP contribution in [0, 0.1) is 0 Å². The standard InChI is InChI=1S/C12H20N2O2/c1-9(10-6-5-7-16-10)13-8-11(15)14-12(2,3)4/h5-7,9,13H,8H2,1-4H3,(H,14,15)/t9-/m0/s1. The highest BCUT2D eigenvalue weighted by atomic mass is 16.3. The van der Waals surface area contributed by atoms with Gasteiger partial charge in [-0.25, -0.2) is 0 Å². The molecule has 1 rings (SSSR count). The highest BCUT2D eigenvalue weighted by Crippen LogP contribution is 2.11. The van der Waals surface area contributed by atoms with Gasteiger partial charge in [0.1, 0.15) is 5.76 Å². The third-order valence-corrected chi connectivity index (χ3v) is 2.05. The van der Waals surface area contributed by atoms with E-state index < -0.39 is 0 Å². The molecule has 0 radical (unpaired) electrons. The Morgan fingerprint density at radius 1 is 1.50 bits per heavy atom. The van der Waals surface area contributed by atoms with Gasteiger partial charge in [0.2, 0.25) is 5.91 Å². The summed E-state index contributed by atoms with van der Waals surface area (Å²) >= 11 is 0. The predicted molar refractivity (Wildman–Crippen MR) is 63.0 cm³/mol. The molecule has 1 atom stereocenters. The Hall–Kier alpha value is -1.29. The molecule has 0 bridgehead atoms. The van der Waals surface area contributed by atoms with E-state index in [1.54, 1.807) is 6.26 Å². The van der Waals surface area contributed by atoms with Crippen molar-refractivity contribution in [3.8, 4) is 0 Å². The van der Waals surface area contributed by atoms with Crippen molar-refractivity contribution in [2.24, 2.45) is 0 Å². The highest BCUT2D eigenvalue weighted by molar-refractivity contribution is 5.78. The Balaban J connectivity index is 2.32. The SMILES string of the molecule is C[C@H](NCC(=O)NC(C)(C)C)c1ccco1. The van der Waals surface area contributed by atoms with Crippen molar-refractivity contribution < 1.29 is 9.21 Å². The maximum absolute atomic E-state index is 11.5. The summed E-state index contributed by atoms with van der Waals surface area (Å²) in [6, 6.07) is 3.77. The topological polar surface area (TPSA) is 54.3 Å². The van der Waals surface area contributed by atoms with Crippen LogP contribution in [0.15, 0.2) is 22.8 Å². The van der Waals surface area contributed by atoms with Crippen molar-refractivity contribution in [3.63, 3.8) is 0 Å². The van der Waals surface area contributed by atoms with Gasteiger partial charge < -0.3 is 9.73 Å². The fraction of sp³-hybridized carbons (Fsp3) is 0.583. The van der Waals surface area contributed by atoms with Crippen molar-refractivity contribution in [1.29, 1.82) is 0 Å². The van der Waals surface area contributed by atoms with Crippen molar-refractivity contribution in [2.45, 2.75) is 39.3 Å². The monoisotopic (exact) mass is 224 g/mol. The van der Waals surface area contributed by atoms with Crippen LogP contribution in [0.2, 0.25) is 0 Å². The van der Waals surface area contributed by atoms with Gasteiger partial charge in [0, 0.05) is 5.54 Å². The number of nitrogens with one attached hydrogen (secondary N) is 2. The van der Waals surface area contributed by atoms with Crippen LogP contribution in [0.1, 0.15) is 39.5 Å². The number of furan rings is 1. The largest absolute Gasteiger partial charge is 0.468 e. The lowest BCUT2D eigenvalue weighted by Crippen LogP contribution is -2.45. The van der Waals surface area contributed by atoms with E-state index in [4.69, 9.17) is 4.42 Å². The van der Waals surface area contributed by atoms with E-state index in [2.05, 4.69) is 10.6 Å². The molecule has 4 nitrogen and oxygen atoms in total. The summed E-state index contributed by atoms with van der Waals surface area (Å²) < 4.78 is 5.23. The van der Waals surface area contributed by atoms with Crippen LogP contribution < -0.4 is 10.6 Å². The third kappa shape index (κ3) is 4.49. The first-order valence-electron chi connectivity index (χ1n) is 5.46. The van der Waals surface area contributed by atoms with Gasteiger partial charge in [0.05, 0.1) is 18.8 Å². The van der Waals surface area contributed by atoms with Crippen LogP contribution in [-0.4, -0.2) is 18.0 Å². The van der Waals surface area contributed by atoms with Crippen LogP contribution in [0.4, 0.5) is 0 Å². The van der Waals surface area contributed by atoms with E-state index in [-0.39, 0.29) is 17.5 Å². The second-order valence-corrected chi connectivity index (χ2v) is 4.92. The number of amides is 1. The van der Waals surface area contributed by atoms with E-state index in [0.29, 0.717) is 6.54 Å². The molecule has 2 N–H and O–H groups in total. The molecule has 0 unspecified atom stereocenters. The van der Waals surface area contributed by atoms with Crippen molar-refractivity contribution in [3.05, 3.63) is 24.2 Å². The smallest absolute Gasteiger partial charge is 0.234 e. The second kappa shape index (κ2) is 5.16. The average molecular weight is 224 g/mol. The maximum atomic E-state index is 11.5. The molecule has 0 fully saturated rings. The second-order valence-electron chi connectivity index (χ2n) is 4.92. The molecule has 1 heterocycles. The summed E-state index contributed by atoms with van der Waals surface area (Å²) in [6.45, 7) is 8.13. The van der Waals surface area contributed by atoms with Gasteiger partial charge in [-0.05, 0) is 39.8 Å². The summed E-state index contributed by atoms with van der Waals surface area (Å²) in [6.07, 6.45) is 1.63. The van der Waals surface area contributed by atoms with Gasteiger partial charge >= 0.3 is 0 Å². The van der Waals surface area contributed by atoms with Crippen LogP contribution in [0.3, 0.4) is 0 Å². The van der Waals surface area contributed by atoms with Gasteiger partial charge in [-0.3, -0.25) is 10.1 Å². The lowest BCUT2D eigenvalue weighted by Gasteiger charge is -2.21. The highest BCUT2D eigenvalue weighted by Gasteiger charge is 2.15. The van der Waals surface area contributed by atoms with Crippen LogP contribution in [0.25, 0.3) is 0 Å². The van der Waals surface area contributed by atoms with Crippen LogP contribution >= 0.6 is 0 Å². The summed E-state index contributed by atoms with van der Waals surface area (Å²) in [4.78, 5) is 11.5. The Morgan fingerprint density at radius 3 is 2.69 bits per heavy atom. The van der Waals surface area contributed by atoms with Crippen molar-refractivity contribution in [1.82, 2.24) is 10.6 Å². The lowest BCUT2D eigenvalue weighted by molar-refractivity contribution is -0.121. The number of rotatable bonds is 4. The minimum atomic E-state index is -0.188. The Morgan fingerprint density at radius 2 is 2.19 bits per heavy atom. The van der Waals surface area contributed by atoms with E-state index in [1.165, 1.54) is 0 Å². The molecule has 16 heavy (non-hydrogen) atoms.